The molecule has 1 aliphatic rings. The lowest BCUT2D eigenvalue weighted by Gasteiger charge is -2.28. The molecule has 0 aliphatic carbocycles. The van der Waals surface area contributed by atoms with Gasteiger partial charge in [-0.2, -0.15) is 0 Å². The maximum Gasteiger partial charge on any atom is 0.251 e. The highest BCUT2D eigenvalue weighted by atomic mass is 127. The fourth-order valence-electron chi connectivity index (χ4n) is 2.26. The summed E-state index contributed by atoms with van der Waals surface area (Å²) in [5.41, 5.74) is 2.05. The number of carbonyl (C=O) groups excluding carboxylic acids is 1. The summed E-state index contributed by atoms with van der Waals surface area (Å²) < 4.78 is 7.46. The summed E-state index contributed by atoms with van der Waals surface area (Å²) in [5.74, 6) is -0.0368. The van der Waals surface area contributed by atoms with E-state index in [2.05, 4.69) is 36.3 Å². The number of nitrogens with one attached hydrogen (secondary N) is 1. The lowest BCUT2D eigenvalue weighted by Crippen LogP contribution is -2.41. The van der Waals surface area contributed by atoms with Crippen LogP contribution < -0.4 is 5.32 Å². The van der Waals surface area contributed by atoms with E-state index in [4.69, 9.17) is 4.42 Å². The Hall–Kier alpha value is -1.15. The maximum atomic E-state index is 12.2. The van der Waals surface area contributed by atoms with Crippen molar-refractivity contribution in [2.24, 2.45) is 0 Å². The zero-order valence-corrected chi connectivity index (χ0v) is 12.5. The number of rotatable bonds is 2. The van der Waals surface area contributed by atoms with Crippen LogP contribution in [-0.2, 0) is 0 Å². The molecule has 1 aromatic heterocycles. The normalized spacial score (nSPS) is 17.7. The number of aromatic nitrogens is 1. The second kappa shape index (κ2) is 5.46. The van der Waals surface area contributed by atoms with E-state index in [1.807, 2.05) is 0 Å². The molecule has 1 fully saturated rings. The van der Waals surface area contributed by atoms with Crippen LogP contribution in [0, 0.1) is 0 Å². The van der Waals surface area contributed by atoms with E-state index < -0.39 is 0 Å². The number of amides is 1. The molecular formula is C13H14IN3O2. The summed E-state index contributed by atoms with van der Waals surface area (Å²) in [5, 5.41) is 3.08. The molecule has 0 spiro atoms. The average molecular weight is 371 g/mol. The Morgan fingerprint density at radius 2 is 2.21 bits per heavy atom. The largest absolute Gasteiger partial charge is 0.443 e. The number of benzene rings is 1. The minimum absolute atomic E-state index is 0.0368. The quantitative estimate of drug-likeness (QED) is 0.651. The van der Waals surface area contributed by atoms with Gasteiger partial charge in [0.15, 0.2) is 12.0 Å². The number of piperidine rings is 1. The Morgan fingerprint density at radius 1 is 1.42 bits per heavy atom. The van der Waals surface area contributed by atoms with Gasteiger partial charge in [-0.25, -0.2) is 8.10 Å². The molecule has 3 rings (SSSR count). The summed E-state index contributed by atoms with van der Waals surface area (Å²) in [6, 6.07) is 5.60. The molecule has 1 aliphatic heterocycles. The van der Waals surface area contributed by atoms with Crippen LogP contribution in [0.5, 0.6) is 0 Å². The van der Waals surface area contributed by atoms with Crippen molar-refractivity contribution in [3.8, 4) is 0 Å². The van der Waals surface area contributed by atoms with Crippen molar-refractivity contribution in [1.29, 1.82) is 0 Å². The number of oxazole rings is 1. The van der Waals surface area contributed by atoms with E-state index >= 15 is 0 Å². The van der Waals surface area contributed by atoms with Crippen molar-refractivity contribution >= 4 is 39.9 Å². The van der Waals surface area contributed by atoms with Crippen molar-refractivity contribution in [2.45, 2.75) is 18.9 Å². The highest BCUT2D eigenvalue weighted by Gasteiger charge is 2.20. The van der Waals surface area contributed by atoms with Gasteiger partial charge in [0, 0.05) is 47.6 Å². The van der Waals surface area contributed by atoms with Gasteiger partial charge in [-0.3, -0.25) is 4.79 Å². The topological polar surface area (TPSA) is 58.4 Å². The first-order valence-corrected chi connectivity index (χ1v) is 7.24. The van der Waals surface area contributed by atoms with E-state index in [9.17, 15) is 4.79 Å². The lowest BCUT2D eigenvalue weighted by molar-refractivity contribution is 0.0925. The zero-order chi connectivity index (χ0) is 13.2. The Morgan fingerprint density at radius 3 is 3.00 bits per heavy atom. The first-order valence-electron chi connectivity index (χ1n) is 6.27. The van der Waals surface area contributed by atoms with Crippen LogP contribution in [0.4, 0.5) is 0 Å². The molecular weight excluding hydrogens is 357 g/mol. The molecule has 1 aromatic carbocycles. The van der Waals surface area contributed by atoms with Crippen LogP contribution in [0.2, 0.25) is 0 Å². The van der Waals surface area contributed by atoms with E-state index in [0.717, 1.165) is 31.4 Å². The predicted molar refractivity (Wildman–Crippen MR) is 80.1 cm³/mol. The molecule has 0 saturated carbocycles. The monoisotopic (exact) mass is 371 g/mol. The smallest absolute Gasteiger partial charge is 0.251 e. The predicted octanol–water partition coefficient (Wildman–Crippen LogP) is 2.37. The van der Waals surface area contributed by atoms with Crippen molar-refractivity contribution in [2.75, 3.05) is 13.1 Å². The number of halogens is 1. The standard InChI is InChI=1S/C13H14IN3O2/c14-17-5-3-10(4-6-17)16-13(18)9-1-2-11-12(7-9)19-8-15-11/h1-2,7-8,10H,3-6H2,(H,16,18). The Balaban J connectivity index is 1.69. The van der Waals surface area contributed by atoms with Gasteiger partial charge in [0.1, 0.15) is 5.52 Å². The third-order valence-electron chi connectivity index (χ3n) is 3.37. The van der Waals surface area contributed by atoms with Crippen molar-refractivity contribution in [3.05, 3.63) is 30.2 Å². The number of fused-ring (bicyclic) bond motifs is 1. The minimum atomic E-state index is -0.0368. The molecule has 6 heteroatoms. The van der Waals surface area contributed by atoms with Gasteiger partial charge in [0.2, 0.25) is 0 Å². The molecule has 0 radical (unpaired) electrons. The van der Waals surface area contributed by atoms with Gasteiger partial charge in [-0.05, 0) is 31.0 Å². The van der Waals surface area contributed by atoms with Crippen LogP contribution in [-0.4, -0.2) is 33.1 Å². The van der Waals surface area contributed by atoms with Gasteiger partial charge in [0.05, 0.1) is 0 Å². The highest BCUT2D eigenvalue weighted by Crippen LogP contribution is 2.16. The Bertz CT molecular complexity index is 590. The molecule has 1 N–H and O–H groups in total. The number of hydrogen-bond acceptors (Lipinski definition) is 4. The van der Waals surface area contributed by atoms with Gasteiger partial charge < -0.3 is 9.73 Å². The van der Waals surface area contributed by atoms with Crippen LogP contribution in [0.3, 0.4) is 0 Å². The summed E-state index contributed by atoms with van der Waals surface area (Å²) in [4.78, 5) is 16.2. The van der Waals surface area contributed by atoms with Crippen molar-refractivity contribution in [3.63, 3.8) is 0 Å². The molecule has 19 heavy (non-hydrogen) atoms. The minimum Gasteiger partial charge on any atom is -0.443 e. The average Bonchev–Trinajstić information content (AvgIpc) is 2.88. The molecule has 0 unspecified atom stereocenters. The summed E-state index contributed by atoms with van der Waals surface area (Å²) in [6.07, 6.45) is 3.39. The Kier molecular flexibility index (Phi) is 3.69. The summed E-state index contributed by atoms with van der Waals surface area (Å²) >= 11 is 2.32. The lowest BCUT2D eigenvalue weighted by atomic mass is 10.1. The third-order valence-corrected chi connectivity index (χ3v) is 4.33. The van der Waals surface area contributed by atoms with Crippen LogP contribution >= 0.6 is 22.9 Å². The van der Waals surface area contributed by atoms with Gasteiger partial charge in [0.25, 0.3) is 5.91 Å². The van der Waals surface area contributed by atoms with Crippen LogP contribution in [0.25, 0.3) is 11.1 Å². The van der Waals surface area contributed by atoms with Gasteiger partial charge >= 0.3 is 0 Å². The number of carbonyl (C=O) groups is 1. The first kappa shape index (κ1) is 12.9. The van der Waals surface area contributed by atoms with Gasteiger partial charge in [-0.15, -0.1) is 0 Å². The number of nitrogens with zero attached hydrogens (tertiary/aromatic N) is 2. The van der Waals surface area contributed by atoms with E-state index in [0.29, 0.717) is 11.1 Å². The fraction of sp³-hybridized carbons (Fsp3) is 0.385. The molecule has 5 nitrogen and oxygen atoms in total. The highest BCUT2D eigenvalue weighted by molar-refractivity contribution is 14.1. The van der Waals surface area contributed by atoms with E-state index in [-0.39, 0.29) is 11.9 Å². The van der Waals surface area contributed by atoms with E-state index in [1.54, 1.807) is 18.2 Å². The molecule has 0 atom stereocenters. The second-order valence-corrected chi connectivity index (χ2v) is 6.06. The molecule has 2 aromatic rings. The second-order valence-electron chi connectivity index (χ2n) is 4.69. The molecule has 2 heterocycles. The summed E-state index contributed by atoms with van der Waals surface area (Å²) in [6.45, 7) is 2.04. The molecule has 0 bridgehead atoms. The van der Waals surface area contributed by atoms with Crippen LogP contribution in [0.1, 0.15) is 23.2 Å². The van der Waals surface area contributed by atoms with Crippen molar-refractivity contribution in [1.82, 2.24) is 13.4 Å². The Labute approximate surface area is 124 Å². The fourth-order valence-corrected chi connectivity index (χ4v) is 2.81. The van der Waals surface area contributed by atoms with E-state index in [1.165, 1.54) is 6.39 Å². The molecule has 1 saturated heterocycles. The SMILES string of the molecule is O=C(NC1CCN(I)CC1)c1ccc2ncoc2c1. The van der Waals surface area contributed by atoms with Gasteiger partial charge in [-0.1, -0.05) is 0 Å². The third kappa shape index (κ3) is 2.89. The number of hydrogen-bond donors (Lipinski definition) is 1. The summed E-state index contributed by atoms with van der Waals surface area (Å²) in [7, 11) is 0. The van der Waals surface area contributed by atoms with Crippen molar-refractivity contribution < 1.29 is 9.21 Å². The maximum absolute atomic E-state index is 12.2. The molecule has 1 amide bonds. The molecule has 100 valence electrons. The van der Waals surface area contributed by atoms with Crippen LogP contribution in [0.15, 0.2) is 29.0 Å². The zero-order valence-electron chi connectivity index (χ0n) is 10.3. The first-order chi connectivity index (χ1) is 9.22.